The van der Waals surface area contributed by atoms with Crippen LogP contribution in [-0.4, -0.2) is 62.1 Å². The maximum atomic E-state index is 12.6. The molecule has 2 heterocycles. The Morgan fingerprint density at radius 3 is 2.67 bits per heavy atom. The Kier molecular flexibility index (Phi) is 8.11. The molecule has 1 saturated heterocycles. The van der Waals surface area contributed by atoms with Gasteiger partial charge in [-0.2, -0.15) is 0 Å². The molecule has 1 N–H and O–H groups in total. The Morgan fingerprint density at radius 2 is 1.93 bits per heavy atom. The number of carbonyl (C=O) groups is 2. The van der Waals surface area contributed by atoms with E-state index < -0.39 is 0 Å². The number of esters is 1. The van der Waals surface area contributed by atoms with Gasteiger partial charge in [0.25, 0.3) is 0 Å². The van der Waals surface area contributed by atoms with Crippen LogP contribution < -0.4 is 10.2 Å². The second-order valence-electron chi connectivity index (χ2n) is 7.78. The zero-order chi connectivity index (χ0) is 21.3. The van der Waals surface area contributed by atoms with Crippen LogP contribution in [0.3, 0.4) is 0 Å². The van der Waals surface area contributed by atoms with Crippen molar-refractivity contribution in [3.8, 4) is 0 Å². The van der Waals surface area contributed by atoms with E-state index in [2.05, 4.69) is 23.2 Å². The first-order valence-corrected chi connectivity index (χ1v) is 11.2. The molecule has 0 unspecified atom stereocenters. The van der Waals surface area contributed by atoms with Gasteiger partial charge in [-0.1, -0.05) is 18.2 Å². The van der Waals surface area contributed by atoms with E-state index in [1.54, 1.807) is 0 Å². The van der Waals surface area contributed by atoms with Crippen LogP contribution in [0.25, 0.3) is 0 Å². The molecule has 1 aromatic carbocycles. The summed E-state index contributed by atoms with van der Waals surface area (Å²) in [5, 5.41) is 3.34. The number of carbonyl (C=O) groups excluding carboxylic acids is 2. The number of nitrogens with zero attached hydrogens (tertiary/aromatic N) is 3. The molecule has 0 bridgehead atoms. The number of aliphatic imine (C=N–C) groups is 1. The Labute approximate surface area is 179 Å². The lowest BCUT2D eigenvalue weighted by atomic mass is 9.97. The maximum absolute atomic E-state index is 12.6. The molecule has 1 aromatic rings. The minimum atomic E-state index is -0.0823. The predicted octanol–water partition coefficient (Wildman–Crippen LogP) is 2.60. The number of ether oxygens (including phenoxy) is 1. The number of hydrogen-bond donors (Lipinski definition) is 1. The molecule has 0 aromatic heterocycles. The third-order valence-electron chi connectivity index (χ3n) is 5.75. The minimum Gasteiger partial charge on any atom is -0.466 e. The first-order valence-electron chi connectivity index (χ1n) is 11.2. The summed E-state index contributed by atoms with van der Waals surface area (Å²) < 4.78 is 5.15. The number of anilines is 1. The van der Waals surface area contributed by atoms with Crippen molar-refractivity contribution >= 4 is 23.5 Å². The number of amides is 1. The van der Waals surface area contributed by atoms with Gasteiger partial charge in [0.1, 0.15) is 0 Å². The zero-order valence-corrected chi connectivity index (χ0v) is 18.2. The Morgan fingerprint density at radius 1 is 1.17 bits per heavy atom. The lowest BCUT2D eigenvalue weighted by Crippen LogP contribution is -2.46. The number of guanidine groups is 1. The van der Waals surface area contributed by atoms with Crippen LogP contribution in [0.15, 0.2) is 29.3 Å². The monoisotopic (exact) mass is 414 g/mol. The number of piperidine rings is 1. The van der Waals surface area contributed by atoms with Crippen LogP contribution in [0.4, 0.5) is 5.69 Å². The van der Waals surface area contributed by atoms with Gasteiger partial charge >= 0.3 is 5.97 Å². The predicted molar refractivity (Wildman–Crippen MR) is 119 cm³/mol. The molecule has 2 aliphatic heterocycles. The van der Waals surface area contributed by atoms with Crippen molar-refractivity contribution in [2.24, 2.45) is 10.9 Å². The van der Waals surface area contributed by atoms with Crippen molar-refractivity contribution in [2.45, 2.75) is 46.0 Å². The molecular formula is C23H34N4O3. The van der Waals surface area contributed by atoms with E-state index in [1.165, 1.54) is 5.56 Å². The van der Waals surface area contributed by atoms with Crippen molar-refractivity contribution < 1.29 is 14.3 Å². The normalized spacial score (nSPS) is 17.1. The summed E-state index contributed by atoms with van der Waals surface area (Å²) in [5.74, 6) is 0.959. The number of nitrogens with one attached hydrogen (secondary N) is 1. The van der Waals surface area contributed by atoms with Gasteiger partial charge in [0, 0.05) is 44.8 Å². The molecule has 7 nitrogen and oxygen atoms in total. The highest BCUT2D eigenvalue weighted by Crippen LogP contribution is 2.28. The summed E-state index contributed by atoms with van der Waals surface area (Å²) in [4.78, 5) is 33.4. The number of likely N-dealkylation sites (tertiary alicyclic amines) is 1. The van der Waals surface area contributed by atoms with Crippen molar-refractivity contribution in [3.63, 3.8) is 0 Å². The van der Waals surface area contributed by atoms with E-state index in [-0.39, 0.29) is 17.8 Å². The molecule has 30 heavy (non-hydrogen) atoms. The number of rotatable bonds is 7. The van der Waals surface area contributed by atoms with Crippen molar-refractivity contribution in [1.29, 1.82) is 0 Å². The first-order chi connectivity index (χ1) is 14.6. The SMILES string of the molecule is CCNC(=NCCCC(=O)N1CCc2ccccc21)N1CCC(C(=O)OCC)CC1. The van der Waals surface area contributed by atoms with Gasteiger partial charge in [0.05, 0.1) is 12.5 Å². The molecule has 3 rings (SSSR count). The van der Waals surface area contributed by atoms with Crippen molar-refractivity contribution in [1.82, 2.24) is 10.2 Å². The average Bonchev–Trinajstić information content (AvgIpc) is 3.20. The van der Waals surface area contributed by atoms with Crippen LogP contribution in [0.1, 0.15) is 45.1 Å². The number of hydrogen-bond acceptors (Lipinski definition) is 4. The van der Waals surface area contributed by atoms with Crippen molar-refractivity contribution in [3.05, 3.63) is 29.8 Å². The van der Waals surface area contributed by atoms with E-state index in [0.717, 1.165) is 63.5 Å². The Hall–Kier alpha value is -2.57. The largest absolute Gasteiger partial charge is 0.466 e. The van der Waals surface area contributed by atoms with E-state index >= 15 is 0 Å². The highest BCUT2D eigenvalue weighted by molar-refractivity contribution is 5.95. The molecular weight excluding hydrogens is 380 g/mol. The molecule has 1 amide bonds. The van der Waals surface area contributed by atoms with E-state index in [9.17, 15) is 9.59 Å². The number of benzene rings is 1. The molecule has 7 heteroatoms. The fraction of sp³-hybridized carbons (Fsp3) is 0.609. The van der Waals surface area contributed by atoms with Gasteiger partial charge in [-0.15, -0.1) is 0 Å². The summed E-state index contributed by atoms with van der Waals surface area (Å²) in [7, 11) is 0. The lowest BCUT2D eigenvalue weighted by molar-refractivity contribution is -0.149. The highest BCUT2D eigenvalue weighted by atomic mass is 16.5. The summed E-state index contributed by atoms with van der Waals surface area (Å²) in [6, 6.07) is 8.14. The first kappa shape index (κ1) is 22.1. The van der Waals surface area contributed by atoms with Gasteiger partial charge in [0.2, 0.25) is 5.91 Å². The topological polar surface area (TPSA) is 74.2 Å². The third-order valence-corrected chi connectivity index (χ3v) is 5.75. The van der Waals surface area contributed by atoms with Crippen LogP contribution in [-0.2, 0) is 20.7 Å². The second kappa shape index (κ2) is 11.0. The van der Waals surface area contributed by atoms with Crippen molar-refractivity contribution in [2.75, 3.05) is 44.2 Å². The summed E-state index contributed by atoms with van der Waals surface area (Å²) in [6.07, 6.45) is 3.74. The zero-order valence-electron chi connectivity index (χ0n) is 18.2. The summed E-state index contributed by atoms with van der Waals surface area (Å²) >= 11 is 0. The molecule has 1 fully saturated rings. The Bertz CT molecular complexity index is 757. The van der Waals surface area contributed by atoms with Gasteiger partial charge in [-0.3, -0.25) is 14.6 Å². The minimum absolute atomic E-state index is 0.00923. The third kappa shape index (κ3) is 5.52. The van der Waals surface area contributed by atoms with Gasteiger partial charge in [-0.05, 0) is 51.2 Å². The molecule has 0 atom stereocenters. The average molecular weight is 415 g/mol. The van der Waals surface area contributed by atoms with Gasteiger partial charge in [0.15, 0.2) is 5.96 Å². The fourth-order valence-electron chi connectivity index (χ4n) is 4.16. The second-order valence-corrected chi connectivity index (χ2v) is 7.78. The van der Waals surface area contributed by atoms with Crippen LogP contribution in [0.2, 0.25) is 0 Å². The number of fused-ring (bicyclic) bond motifs is 1. The lowest BCUT2D eigenvalue weighted by Gasteiger charge is -2.33. The fourth-order valence-corrected chi connectivity index (χ4v) is 4.16. The van der Waals surface area contributed by atoms with E-state index in [0.29, 0.717) is 19.6 Å². The van der Waals surface area contributed by atoms with Gasteiger partial charge < -0.3 is 19.9 Å². The molecule has 0 aliphatic carbocycles. The molecule has 0 radical (unpaired) electrons. The van der Waals surface area contributed by atoms with Crippen LogP contribution >= 0.6 is 0 Å². The Balaban J connectivity index is 1.46. The maximum Gasteiger partial charge on any atom is 0.309 e. The summed E-state index contributed by atoms with van der Waals surface area (Å²) in [5.41, 5.74) is 2.31. The standard InChI is InChI=1S/C23H34N4O3/c1-3-24-23(26-15-11-19(12-16-26)22(29)30-4-2)25-14-7-10-21(28)27-17-13-18-8-5-6-9-20(18)27/h5-6,8-9,19H,3-4,7,10-17H2,1-2H3,(H,24,25). The van der Waals surface area contributed by atoms with E-state index in [4.69, 9.17) is 9.73 Å². The smallest absolute Gasteiger partial charge is 0.309 e. The van der Waals surface area contributed by atoms with Crippen LogP contribution in [0, 0.1) is 5.92 Å². The quantitative estimate of drug-likeness (QED) is 0.321. The van der Waals surface area contributed by atoms with E-state index in [1.807, 2.05) is 30.0 Å². The molecule has 164 valence electrons. The number of para-hydroxylation sites is 1. The van der Waals surface area contributed by atoms with Crippen LogP contribution in [0.5, 0.6) is 0 Å². The van der Waals surface area contributed by atoms with Gasteiger partial charge in [-0.25, -0.2) is 0 Å². The molecule has 0 spiro atoms. The highest BCUT2D eigenvalue weighted by Gasteiger charge is 2.27. The molecule has 2 aliphatic rings. The molecule has 0 saturated carbocycles. The summed E-state index contributed by atoms with van der Waals surface area (Å²) in [6.45, 7) is 8.09.